The van der Waals surface area contributed by atoms with Crippen molar-refractivity contribution in [2.45, 2.75) is 43.2 Å². The van der Waals surface area contributed by atoms with Gasteiger partial charge in [-0.3, -0.25) is 19.2 Å². The molecule has 4 aromatic rings. The van der Waals surface area contributed by atoms with Crippen LogP contribution in [0.2, 0.25) is 0 Å². The molecule has 2 aliphatic heterocycles. The maximum Gasteiger partial charge on any atom is 0.248 e. The van der Waals surface area contributed by atoms with Gasteiger partial charge in [-0.2, -0.15) is 0 Å². The number of nitrogens with zero attached hydrogens (tertiary/aromatic N) is 2. The predicted octanol–water partition coefficient (Wildman–Crippen LogP) is 4.96. The fraction of sp³-hybridized carbons (Fsp3) is 0.222. The highest BCUT2D eigenvalue weighted by atomic mass is 16.3. The molecular formula is C36H30N2O5. The fourth-order valence-corrected chi connectivity index (χ4v) is 8.09. The first kappa shape index (κ1) is 27.0. The van der Waals surface area contributed by atoms with Crippen LogP contribution in [0.15, 0.2) is 109 Å². The summed E-state index contributed by atoms with van der Waals surface area (Å²) in [7, 11) is 0. The first-order chi connectivity index (χ1) is 20.7. The van der Waals surface area contributed by atoms with Crippen LogP contribution < -0.4 is 9.80 Å². The molecule has 0 unspecified atom stereocenters. The number of amides is 3. The quantitative estimate of drug-likeness (QED) is 0.350. The Morgan fingerprint density at radius 3 is 1.98 bits per heavy atom. The van der Waals surface area contributed by atoms with E-state index in [0.29, 0.717) is 28.1 Å². The molecular weight excluding hydrogens is 540 g/mol. The van der Waals surface area contributed by atoms with Crippen molar-refractivity contribution in [1.82, 2.24) is 0 Å². The van der Waals surface area contributed by atoms with Crippen molar-refractivity contribution < 1.29 is 24.3 Å². The predicted molar refractivity (Wildman–Crippen MR) is 162 cm³/mol. The molecule has 7 rings (SSSR count). The Labute approximate surface area is 249 Å². The minimum absolute atomic E-state index is 0.184. The lowest BCUT2D eigenvalue weighted by atomic mass is 9.59. The highest BCUT2D eigenvalue weighted by molar-refractivity contribution is 6.26. The Morgan fingerprint density at radius 1 is 0.767 bits per heavy atom. The lowest BCUT2D eigenvalue weighted by Crippen LogP contribution is -2.59. The monoisotopic (exact) mass is 570 g/mol. The summed E-state index contributed by atoms with van der Waals surface area (Å²) in [4.78, 5) is 60.6. The van der Waals surface area contributed by atoms with Gasteiger partial charge in [0.1, 0.15) is 5.41 Å². The second kappa shape index (κ2) is 9.31. The summed E-state index contributed by atoms with van der Waals surface area (Å²) in [5.74, 6) is -3.35. The van der Waals surface area contributed by atoms with Crippen LogP contribution in [0.25, 0.3) is 0 Å². The van der Waals surface area contributed by atoms with E-state index in [1.54, 1.807) is 59.5 Å². The summed E-state index contributed by atoms with van der Waals surface area (Å²) in [6, 6.07) is 32.3. The third-order valence-electron chi connectivity index (χ3n) is 9.63. The second-order valence-corrected chi connectivity index (χ2v) is 12.0. The third-order valence-corrected chi connectivity index (χ3v) is 9.63. The van der Waals surface area contributed by atoms with Gasteiger partial charge in [-0.15, -0.1) is 0 Å². The number of hydrogen-bond acceptors (Lipinski definition) is 5. The average molecular weight is 571 g/mol. The van der Waals surface area contributed by atoms with Gasteiger partial charge in [0.05, 0.1) is 29.2 Å². The summed E-state index contributed by atoms with van der Waals surface area (Å²) >= 11 is 0. The number of hydrogen-bond donors (Lipinski definition) is 1. The van der Waals surface area contributed by atoms with E-state index in [4.69, 9.17) is 0 Å². The third kappa shape index (κ3) is 3.40. The van der Waals surface area contributed by atoms with Crippen molar-refractivity contribution in [2.24, 2.45) is 5.92 Å². The molecule has 0 aromatic heterocycles. The van der Waals surface area contributed by atoms with Crippen LogP contribution in [0, 0.1) is 5.92 Å². The van der Waals surface area contributed by atoms with Gasteiger partial charge in [0, 0.05) is 18.2 Å². The van der Waals surface area contributed by atoms with Crippen molar-refractivity contribution in [2.75, 3.05) is 9.80 Å². The number of benzene rings is 4. The normalized spacial score (nSPS) is 27.2. The Hall–Kier alpha value is -4.88. The zero-order valence-corrected chi connectivity index (χ0v) is 23.9. The molecule has 3 aliphatic rings. The van der Waals surface area contributed by atoms with Crippen LogP contribution in [-0.4, -0.2) is 34.2 Å². The second-order valence-electron chi connectivity index (χ2n) is 12.0. The molecule has 0 bridgehead atoms. The Bertz CT molecular complexity index is 1820. The summed E-state index contributed by atoms with van der Waals surface area (Å²) in [5, 5.41) is 12.6. The lowest BCUT2D eigenvalue weighted by Gasteiger charge is -2.40. The van der Waals surface area contributed by atoms with E-state index in [0.717, 1.165) is 10.5 Å². The van der Waals surface area contributed by atoms with Crippen molar-refractivity contribution >= 4 is 34.9 Å². The Morgan fingerprint density at radius 2 is 1.33 bits per heavy atom. The van der Waals surface area contributed by atoms with Crippen molar-refractivity contribution in [3.8, 4) is 0 Å². The maximum absolute atomic E-state index is 15.1. The smallest absolute Gasteiger partial charge is 0.248 e. The molecule has 1 N–H and O–H groups in total. The molecule has 2 spiro atoms. The van der Waals surface area contributed by atoms with Crippen LogP contribution in [-0.2, 0) is 31.8 Å². The van der Waals surface area contributed by atoms with E-state index in [-0.39, 0.29) is 18.9 Å². The summed E-state index contributed by atoms with van der Waals surface area (Å²) in [5.41, 5.74) is -2.23. The number of para-hydroxylation sites is 2. The van der Waals surface area contributed by atoms with Gasteiger partial charge in [0.2, 0.25) is 17.7 Å². The number of rotatable bonds is 4. The van der Waals surface area contributed by atoms with Gasteiger partial charge >= 0.3 is 0 Å². The molecule has 7 nitrogen and oxygen atoms in total. The van der Waals surface area contributed by atoms with Crippen LogP contribution in [0.1, 0.15) is 47.3 Å². The number of imide groups is 1. The van der Waals surface area contributed by atoms with Gasteiger partial charge in [-0.25, -0.2) is 4.90 Å². The molecule has 1 aliphatic carbocycles. The summed E-state index contributed by atoms with van der Waals surface area (Å²) < 4.78 is 0. The number of fused-ring (bicyclic) bond motifs is 4. The minimum Gasteiger partial charge on any atom is -0.389 e. The summed E-state index contributed by atoms with van der Waals surface area (Å²) in [6.07, 6.45) is -0.184. The van der Waals surface area contributed by atoms with Gasteiger partial charge in [-0.1, -0.05) is 97.1 Å². The van der Waals surface area contributed by atoms with Crippen molar-refractivity contribution in [1.29, 1.82) is 0 Å². The fourth-order valence-electron chi connectivity index (χ4n) is 8.09. The number of Topliss-reactive ketones (excluding diaryl/α,β-unsaturated/α-hetero) is 1. The SMILES string of the molecule is CC(=O)N1C(=O)[C@]2(c3ccccc31)[C@H](C(=O)c1ccccc1)[C@]1(C[C@@]2(C)O)C(=O)N(Cc2ccccc2)c2ccccc21. The molecule has 4 atom stereocenters. The molecule has 0 saturated heterocycles. The maximum atomic E-state index is 15.1. The van der Waals surface area contributed by atoms with E-state index in [1.807, 2.05) is 54.6 Å². The minimum atomic E-state index is -1.91. The Balaban J connectivity index is 1.54. The molecule has 1 saturated carbocycles. The molecule has 3 amide bonds. The zero-order valence-electron chi connectivity index (χ0n) is 23.9. The van der Waals surface area contributed by atoms with E-state index in [2.05, 4.69) is 0 Å². The first-order valence-electron chi connectivity index (χ1n) is 14.4. The van der Waals surface area contributed by atoms with Crippen LogP contribution >= 0.6 is 0 Å². The standard InChI is InChI=1S/C36H30N2O5/c1-23(39)38-29-20-12-10-18-27(29)36(33(38)42)31(30(40)25-15-7-4-8-16-25)35(22-34(36,2)43)26-17-9-11-19-28(26)37(32(35)41)21-24-13-5-3-6-14-24/h3-20,31,43H,21-22H2,1-2H3/t31-,34-,35-,36+/m1/s1. The summed E-state index contributed by atoms with van der Waals surface area (Å²) in [6.45, 7) is 3.07. The number of aliphatic hydroxyl groups is 1. The molecule has 4 aromatic carbocycles. The first-order valence-corrected chi connectivity index (χ1v) is 14.4. The molecule has 43 heavy (non-hydrogen) atoms. The highest BCUT2D eigenvalue weighted by Crippen LogP contribution is 2.69. The number of ketones is 1. The van der Waals surface area contributed by atoms with Gasteiger partial charge in [0.15, 0.2) is 5.78 Å². The van der Waals surface area contributed by atoms with Crippen molar-refractivity contribution in [3.05, 3.63) is 131 Å². The van der Waals surface area contributed by atoms with E-state index >= 15 is 4.79 Å². The van der Waals surface area contributed by atoms with E-state index < -0.39 is 39.9 Å². The molecule has 2 heterocycles. The Kier molecular flexibility index (Phi) is 5.84. The molecule has 1 fully saturated rings. The van der Waals surface area contributed by atoms with Gasteiger partial charge in [0.25, 0.3) is 0 Å². The molecule has 0 radical (unpaired) electrons. The largest absolute Gasteiger partial charge is 0.389 e. The lowest BCUT2D eigenvalue weighted by molar-refractivity contribution is -0.135. The van der Waals surface area contributed by atoms with Crippen molar-refractivity contribution in [3.63, 3.8) is 0 Å². The molecule has 7 heteroatoms. The average Bonchev–Trinajstić information content (AvgIpc) is 3.51. The van der Waals surface area contributed by atoms with Crippen LogP contribution in [0.4, 0.5) is 11.4 Å². The number of carbonyl (C=O) groups excluding carboxylic acids is 4. The topological polar surface area (TPSA) is 95.0 Å². The van der Waals surface area contributed by atoms with E-state index in [1.165, 1.54) is 13.8 Å². The van der Waals surface area contributed by atoms with E-state index in [9.17, 15) is 19.5 Å². The van der Waals surface area contributed by atoms with Gasteiger partial charge < -0.3 is 10.0 Å². The van der Waals surface area contributed by atoms with Gasteiger partial charge in [-0.05, 0) is 42.2 Å². The number of carbonyl (C=O) groups is 4. The molecule has 214 valence electrons. The number of anilines is 2. The van der Waals surface area contributed by atoms with Crippen LogP contribution in [0.5, 0.6) is 0 Å². The van der Waals surface area contributed by atoms with Crippen LogP contribution in [0.3, 0.4) is 0 Å². The zero-order chi connectivity index (χ0) is 30.1. The highest BCUT2D eigenvalue weighted by Gasteiger charge is 2.80.